The second kappa shape index (κ2) is 5.99. The van der Waals surface area contributed by atoms with E-state index in [1.807, 2.05) is 28.3 Å². The molecule has 4 rings (SSSR count). The second-order valence-electron chi connectivity index (χ2n) is 6.86. The fourth-order valence-corrected chi connectivity index (χ4v) is 3.91. The van der Waals surface area contributed by atoms with Gasteiger partial charge >= 0.3 is 0 Å². The number of anilines is 1. The molecule has 8 heteroatoms. The van der Waals surface area contributed by atoms with Crippen LogP contribution in [0.5, 0.6) is 0 Å². The fraction of sp³-hybridized carbons (Fsp3) is 0.211. The van der Waals surface area contributed by atoms with Crippen LogP contribution in [0.2, 0.25) is 5.02 Å². The Morgan fingerprint density at radius 1 is 1.26 bits per heavy atom. The lowest BCUT2D eigenvalue weighted by Crippen LogP contribution is -2.10. The van der Waals surface area contributed by atoms with Gasteiger partial charge in [0.25, 0.3) is 0 Å². The Morgan fingerprint density at radius 2 is 2.00 bits per heavy atom. The van der Waals surface area contributed by atoms with Gasteiger partial charge < -0.3 is 16.0 Å². The first kappa shape index (κ1) is 17.4. The molecule has 4 N–H and O–H groups in total. The van der Waals surface area contributed by atoms with E-state index in [-0.39, 0.29) is 5.92 Å². The molecule has 3 aromatic heterocycles. The molecule has 0 spiro atoms. The second-order valence-corrected chi connectivity index (χ2v) is 7.24. The van der Waals surface area contributed by atoms with Crippen LogP contribution >= 0.6 is 11.6 Å². The van der Waals surface area contributed by atoms with E-state index in [1.165, 1.54) is 6.33 Å². The van der Waals surface area contributed by atoms with Crippen molar-refractivity contribution in [3.63, 3.8) is 0 Å². The Bertz CT molecular complexity index is 1220. The highest BCUT2D eigenvalue weighted by Gasteiger charge is 2.23. The lowest BCUT2D eigenvalue weighted by molar-refractivity contribution is 0.100. The average Bonchev–Trinajstić information content (AvgIpc) is 3.12. The molecule has 0 atom stereocenters. The Hall–Kier alpha value is -3.06. The third-order valence-corrected chi connectivity index (χ3v) is 5.26. The highest BCUT2D eigenvalue weighted by molar-refractivity contribution is 6.39. The summed E-state index contributed by atoms with van der Waals surface area (Å²) < 4.78 is 3.75. The molecule has 0 fully saturated rings. The zero-order valence-corrected chi connectivity index (χ0v) is 15.9. The summed E-state index contributed by atoms with van der Waals surface area (Å²) in [6.45, 7) is 4.18. The van der Waals surface area contributed by atoms with Crippen LogP contribution < -0.4 is 11.5 Å². The molecule has 0 bridgehead atoms. The maximum absolute atomic E-state index is 11.6. The number of nitrogens with two attached hydrogens (primary N) is 2. The van der Waals surface area contributed by atoms with E-state index in [0.29, 0.717) is 21.9 Å². The number of nitrogens with zero attached hydrogens (tertiary/aromatic N) is 4. The van der Waals surface area contributed by atoms with Crippen molar-refractivity contribution in [2.45, 2.75) is 19.8 Å². The number of hydrogen-bond acceptors (Lipinski definition) is 4. The van der Waals surface area contributed by atoms with Crippen molar-refractivity contribution in [1.29, 1.82) is 0 Å². The zero-order chi connectivity index (χ0) is 19.5. The van der Waals surface area contributed by atoms with Crippen LogP contribution in [0.15, 0.2) is 30.6 Å². The van der Waals surface area contributed by atoms with Gasteiger partial charge in [-0.3, -0.25) is 4.79 Å². The molecule has 7 nitrogen and oxygen atoms in total. The normalized spacial score (nSPS) is 11.7. The van der Waals surface area contributed by atoms with Gasteiger partial charge in [0.05, 0.1) is 16.2 Å². The molecule has 0 aliphatic rings. The van der Waals surface area contributed by atoms with Gasteiger partial charge in [-0.25, -0.2) is 9.50 Å². The molecule has 4 aromatic rings. The number of carbonyl (C=O) groups is 1. The number of nitrogen functional groups attached to an aromatic ring is 1. The van der Waals surface area contributed by atoms with Gasteiger partial charge in [-0.2, -0.15) is 5.10 Å². The van der Waals surface area contributed by atoms with E-state index in [4.69, 9.17) is 23.1 Å². The largest absolute Gasteiger partial charge is 0.382 e. The van der Waals surface area contributed by atoms with Gasteiger partial charge in [0, 0.05) is 29.3 Å². The molecule has 0 saturated carbocycles. The summed E-state index contributed by atoms with van der Waals surface area (Å²) in [6.07, 6.45) is 1.44. The lowest BCUT2D eigenvalue weighted by atomic mass is 10.1. The predicted molar refractivity (Wildman–Crippen MR) is 107 cm³/mol. The minimum atomic E-state index is -0.482. The summed E-state index contributed by atoms with van der Waals surface area (Å²) in [4.78, 5) is 15.7. The summed E-state index contributed by atoms with van der Waals surface area (Å²) in [7, 11) is 1.90. The summed E-state index contributed by atoms with van der Waals surface area (Å²) >= 11 is 6.74. The maximum atomic E-state index is 11.6. The fourth-order valence-electron chi connectivity index (χ4n) is 3.53. The van der Waals surface area contributed by atoms with Gasteiger partial charge in [-0.15, -0.1) is 0 Å². The molecule has 0 radical (unpaired) electrons. The van der Waals surface area contributed by atoms with Crippen LogP contribution in [-0.4, -0.2) is 25.1 Å². The number of benzene rings is 1. The Labute approximate surface area is 160 Å². The molecule has 1 amide bonds. The third kappa shape index (κ3) is 2.46. The van der Waals surface area contributed by atoms with E-state index in [2.05, 4.69) is 23.9 Å². The summed E-state index contributed by atoms with van der Waals surface area (Å²) in [5.74, 6) is 0.131. The van der Waals surface area contributed by atoms with Crippen LogP contribution in [-0.2, 0) is 7.05 Å². The highest BCUT2D eigenvalue weighted by Crippen LogP contribution is 2.41. The number of fused-ring (bicyclic) bond motifs is 2. The molecular weight excluding hydrogens is 364 g/mol. The first-order valence-electron chi connectivity index (χ1n) is 8.51. The number of amides is 1. The standard InChI is InChI=1S/C19H19ClN6O/c1-9(2)13-7-12(17-18(21)23-8-24-26(13)17)16-15(20)11-5-4-10(19(22)27)6-14(11)25(16)3/h4-9H,1-3H3,(H2,22,27)(H2,21,23,24). The van der Waals surface area contributed by atoms with E-state index in [9.17, 15) is 4.79 Å². The van der Waals surface area contributed by atoms with Crippen molar-refractivity contribution in [3.05, 3.63) is 46.9 Å². The van der Waals surface area contributed by atoms with Crippen LogP contribution in [0.25, 0.3) is 27.7 Å². The van der Waals surface area contributed by atoms with Crippen LogP contribution in [0, 0.1) is 0 Å². The SMILES string of the molecule is CC(C)c1cc(-c2c(Cl)c3ccc(C(N)=O)cc3n2C)c2c(N)ncnn12. The van der Waals surface area contributed by atoms with E-state index in [0.717, 1.165) is 27.9 Å². The quantitative estimate of drug-likeness (QED) is 0.566. The number of hydrogen-bond donors (Lipinski definition) is 2. The van der Waals surface area contributed by atoms with Gasteiger partial charge in [-0.05, 0) is 24.1 Å². The third-order valence-electron chi connectivity index (χ3n) is 4.88. The summed E-state index contributed by atoms with van der Waals surface area (Å²) in [5, 5.41) is 5.78. The van der Waals surface area contributed by atoms with Crippen molar-refractivity contribution in [2.24, 2.45) is 12.8 Å². The summed E-state index contributed by atoms with van der Waals surface area (Å²) in [6, 6.07) is 7.27. The number of primary amides is 1. The predicted octanol–water partition coefficient (Wildman–Crippen LogP) is 3.35. The minimum Gasteiger partial charge on any atom is -0.382 e. The Kier molecular flexibility index (Phi) is 3.85. The smallest absolute Gasteiger partial charge is 0.248 e. The Balaban J connectivity index is 2.10. The molecule has 3 heterocycles. The topological polar surface area (TPSA) is 104 Å². The van der Waals surface area contributed by atoms with Crippen LogP contribution in [0.4, 0.5) is 5.82 Å². The first-order chi connectivity index (χ1) is 12.8. The summed E-state index contributed by atoms with van der Waals surface area (Å²) in [5.41, 5.74) is 16.2. The number of aromatic nitrogens is 4. The van der Waals surface area contributed by atoms with Crippen molar-refractivity contribution in [2.75, 3.05) is 5.73 Å². The molecule has 0 aliphatic carbocycles. The van der Waals surface area contributed by atoms with Gasteiger partial charge in [-0.1, -0.05) is 31.5 Å². The average molecular weight is 383 g/mol. The van der Waals surface area contributed by atoms with Crippen molar-refractivity contribution < 1.29 is 4.79 Å². The highest BCUT2D eigenvalue weighted by atomic mass is 35.5. The molecule has 0 unspecified atom stereocenters. The molecule has 1 aromatic carbocycles. The number of rotatable bonds is 3. The Morgan fingerprint density at radius 3 is 2.67 bits per heavy atom. The van der Waals surface area contributed by atoms with Crippen molar-refractivity contribution in [1.82, 2.24) is 19.2 Å². The van der Waals surface area contributed by atoms with Gasteiger partial charge in [0.1, 0.15) is 11.8 Å². The maximum Gasteiger partial charge on any atom is 0.248 e. The molecule has 27 heavy (non-hydrogen) atoms. The van der Waals surface area contributed by atoms with Crippen molar-refractivity contribution >= 4 is 39.7 Å². The van der Waals surface area contributed by atoms with Crippen LogP contribution in [0.1, 0.15) is 35.8 Å². The van der Waals surface area contributed by atoms with E-state index >= 15 is 0 Å². The zero-order valence-electron chi connectivity index (χ0n) is 15.2. The molecule has 0 aliphatic heterocycles. The number of carbonyl (C=O) groups excluding carboxylic acids is 1. The number of halogens is 1. The first-order valence-corrected chi connectivity index (χ1v) is 8.89. The molecule has 0 saturated heterocycles. The molecule has 138 valence electrons. The van der Waals surface area contributed by atoms with E-state index in [1.54, 1.807) is 12.1 Å². The van der Waals surface area contributed by atoms with Crippen molar-refractivity contribution in [3.8, 4) is 11.3 Å². The molecular formula is C19H19ClN6O. The van der Waals surface area contributed by atoms with Gasteiger partial charge in [0.2, 0.25) is 5.91 Å². The van der Waals surface area contributed by atoms with Crippen LogP contribution in [0.3, 0.4) is 0 Å². The number of aryl methyl sites for hydroxylation is 1. The van der Waals surface area contributed by atoms with Gasteiger partial charge in [0.15, 0.2) is 5.82 Å². The minimum absolute atomic E-state index is 0.232. The van der Waals surface area contributed by atoms with E-state index < -0.39 is 5.91 Å². The lowest BCUT2D eigenvalue weighted by Gasteiger charge is -2.06. The monoisotopic (exact) mass is 382 g/mol.